The van der Waals surface area contributed by atoms with Gasteiger partial charge in [-0.3, -0.25) is 9.59 Å². The van der Waals surface area contributed by atoms with Crippen molar-refractivity contribution < 1.29 is 24.2 Å². The number of nitrogens with one attached hydrogen (secondary N) is 1. The van der Waals surface area contributed by atoms with Gasteiger partial charge >= 0.3 is 12.1 Å². The summed E-state index contributed by atoms with van der Waals surface area (Å²) in [6.45, 7) is 3.07. The van der Waals surface area contributed by atoms with Crippen LogP contribution in [0.5, 0.6) is 0 Å². The summed E-state index contributed by atoms with van der Waals surface area (Å²) in [6, 6.07) is 16.1. The highest BCUT2D eigenvalue weighted by atomic mass is 16.5. The topological polar surface area (TPSA) is 95.9 Å². The van der Waals surface area contributed by atoms with Gasteiger partial charge in [0.1, 0.15) is 6.61 Å². The summed E-state index contributed by atoms with van der Waals surface area (Å²) in [7, 11) is 0. The number of alkyl carbamates (subject to hydrolysis) is 1. The summed E-state index contributed by atoms with van der Waals surface area (Å²) in [5.74, 6) is -1.01. The molecule has 1 fully saturated rings. The van der Waals surface area contributed by atoms with Gasteiger partial charge in [0.05, 0.1) is 6.42 Å². The number of carboxylic acid groups (broad SMARTS) is 1. The lowest BCUT2D eigenvalue weighted by atomic mass is 9.97. The maximum absolute atomic E-state index is 12.8. The van der Waals surface area contributed by atoms with E-state index in [-0.39, 0.29) is 43.2 Å². The van der Waals surface area contributed by atoms with E-state index in [4.69, 9.17) is 9.84 Å². The molecule has 1 heterocycles. The average molecular weight is 465 g/mol. The van der Waals surface area contributed by atoms with Crippen molar-refractivity contribution in [3.05, 3.63) is 59.7 Å². The fourth-order valence-electron chi connectivity index (χ4n) is 5.14. The minimum Gasteiger partial charge on any atom is -0.481 e. The normalized spacial score (nSPS) is 18.0. The molecular weight excluding hydrogens is 432 g/mol. The average Bonchev–Trinajstić information content (AvgIpc) is 3.15. The Labute approximate surface area is 200 Å². The fraction of sp³-hybridized carbons (Fsp3) is 0.444. The molecule has 2 aromatic rings. The van der Waals surface area contributed by atoms with Crippen LogP contribution in [0.2, 0.25) is 0 Å². The maximum atomic E-state index is 12.8. The number of hydrogen-bond donors (Lipinski definition) is 2. The van der Waals surface area contributed by atoms with Crippen molar-refractivity contribution in [2.75, 3.05) is 19.7 Å². The highest BCUT2D eigenvalue weighted by Gasteiger charge is 2.30. The van der Waals surface area contributed by atoms with Gasteiger partial charge in [0, 0.05) is 31.5 Å². The summed E-state index contributed by atoms with van der Waals surface area (Å²) in [5.41, 5.74) is 4.68. The molecule has 7 nitrogen and oxygen atoms in total. The molecule has 1 saturated heterocycles. The quantitative estimate of drug-likeness (QED) is 0.603. The van der Waals surface area contributed by atoms with Crippen LogP contribution in [-0.4, -0.2) is 53.7 Å². The van der Waals surface area contributed by atoms with Crippen molar-refractivity contribution >= 4 is 18.0 Å². The number of rotatable bonds is 8. The number of hydrogen-bond acceptors (Lipinski definition) is 4. The van der Waals surface area contributed by atoms with E-state index >= 15 is 0 Å². The van der Waals surface area contributed by atoms with E-state index in [1.807, 2.05) is 31.2 Å². The van der Waals surface area contributed by atoms with Crippen LogP contribution < -0.4 is 5.32 Å². The lowest BCUT2D eigenvalue weighted by molar-refractivity contribution is -0.142. The Morgan fingerprint density at radius 2 is 1.71 bits per heavy atom. The van der Waals surface area contributed by atoms with Gasteiger partial charge in [0.25, 0.3) is 0 Å². The molecule has 2 amide bonds. The first kappa shape index (κ1) is 23.8. The third-order valence-electron chi connectivity index (χ3n) is 6.82. The van der Waals surface area contributed by atoms with Gasteiger partial charge < -0.3 is 20.1 Å². The number of nitrogens with zero attached hydrogens (tertiary/aromatic N) is 1. The summed E-state index contributed by atoms with van der Waals surface area (Å²) in [4.78, 5) is 38.0. The van der Waals surface area contributed by atoms with Gasteiger partial charge in [-0.25, -0.2) is 4.79 Å². The molecule has 0 radical (unpaired) electrons. The van der Waals surface area contributed by atoms with E-state index < -0.39 is 12.1 Å². The smallest absolute Gasteiger partial charge is 0.407 e. The molecule has 0 saturated carbocycles. The second kappa shape index (κ2) is 10.7. The van der Waals surface area contributed by atoms with Crippen molar-refractivity contribution in [3.8, 4) is 11.1 Å². The Hall–Kier alpha value is -3.35. The summed E-state index contributed by atoms with van der Waals surface area (Å²) < 4.78 is 5.56. The number of ether oxygens (including phenoxy) is 1. The van der Waals surface area contributed by atoms with Gasteiger partial charge in [0.15, 0.2) is 0 Å². The second-order valence-corrected chi connectivity index (χ2v) is 9.35. The van der Waals surface area contributed by atoms with Crippen LogP contribution in [0.4, 0.5) is 4.79 Å². The van der Waals surface area contributed by atoms with Crippen LogP contribution in [0.3, 0.4) is 0 Å². The van der Waals surface area contributed by atoms with Crippen molar-refractivity contribution in [1.29, 1.82) is 0 Å². The molecular formula is C27H32N2O5. The first-order valence-corrected chi connectivity index (χ1v) is 12.0. The molecule has 0 bridgehead atoms. The number of likely N-dealkylation sites (tertiary alicyclic amines) is 1. The maximum Gasteiger partial charge on any atom is 0.407 e. The zero-order chi connectivity index (χ0) is 24.1. The van der Waals surface area contributed by atoms with Gasteiger partial charge in [-0.05, 0) is 47.4 Å². The van der Waals surface area contributed by atoms with Gasteiger partial charge in [-0.1, -0.05) is 55.5 Å². The molecule has 1 unspecified atom stereocenters. The highest BCUT2D eigenvalue weighted by Crippen LogP contribution is 2.44. The van der Waals surface area contributed by atoms with Crippen molar-refractivity contribution in [3.63, 3.8) is 0 Å². The van der Waals surface area contributed by atoms with Crippen LogP contribution in [0.1, 0.15) is 56.1 Å². The van der Waals surface area contributed by atoms with Crippen LogP contribution in [0, 0.1) is 5.92 Å². The van der Waals surface area contributed by atoms with Crippen LogP contribution in [0.15, 0.2) is 48.5 Å². The van der Waals surface area contributed by atoms with E-state index in [9.17, 15) is 14.4 Å². The van der Waals surface area contributed by atoms with E-state index in [0.29, 0.717) is 13.1 Å². The van der Waals surface area contributed by atoms with Gasteiger partial charge in [0.2, 0.25) is 5.91 Å². The first-order chi connectivity index (χ1) is 16.4. The zero-order valence-corrected chi connectivity index (χ0v) is 19.5. The third-order valence-corrected chi connectivity index (χ3v) is 6.82. The number of amides is 2. The number of aliphatic carboxylic acids is 1. The molecule has 2 aliphatic rings. The Morgan fingerprint density at radius 1 is 1.06 bits per heavy atom. The van der Waals surface area contributed by atoms with E-state index in [0.717, 1.165) is 30.4 Å². The van der Waals surface area contributed by atoms with Crippen LogP contribution in [0.25, 0.3) is 11.1 Å². The van der Waals surface area contributed by atoms with Crippen molar-refractivity contribution in [2.45, 2.75) is 51.0 Å². The predicted molar refractivity (Wildman–Crippen MR) is 128 cm³/mol. The molecule has 7 heteroatoms. The number of fused-ring (bicyclic) bond motifs is 3. The number of carboxylic acids is 1. The lowest BCUT2D eigenvalue weighted by Gasteiger charge is -2.35. The monoisotopic (exact) mass is 464 g/mol. The highest BCUT2D eigenvalue weighted by molar-refractivity contribution is 5.79. The predicted octanol–water partition coefficient (Wildman–Crippen LogP) is 4.41. The molecule has 2 atom stereocenters. The Balaban J connectivity index is 1.26. The fourth-order valence-corrected chi connectivity index (χ4v) is 5.14. The molecule has 180 valence electrons. The molecule has 2 N–H and O–H groups in total. The molecule has 4 rings (SSSR count). The van der Waals surface area contributed by atoms with E-state index in [2.05, 4.69) is 29.6 Å². The van der Waals surface area contributed by atoms with Crippen molar-refractivity contribution in [2.24, 2.45) is 5.92 Å². The number of carbonyl (C=O) groups excluding carboxylic acids is 2. The summed E-state index contributed by atoms with van der Waals surface area (Å²) >= 11 is 0. The minimum atomic E-state index is -0.880. The summed E-state index contributed by atoms with van der Waals surface area (Å²) in [6.07, 6.45) is 2.32. The second-order valence-electron chi connectivity index (χ2n) is 9.35. The number of carbonyl (C=O) groups is 3. The molecule has 0 aromatic heterocycles. The van der Waals surface area contributed by atoms with Crippen LogP contribution in [-0.2, 0) is 14.3 Å². The minimum absolute atomic E-state index is 0.00224. The molecule has 1 aliphatic heterocycles. The van der Waals surface area contributed by atoms with Gasteiger partial charge in [-0.2, -0.15) is 0 Å². The summed E-state index contributed by atoms with van der Waals surface area (Å²) in [5, 5.41) is 11.9. The number of piperidine rings is 1. The Kier molecular flexibility index (Phi) is 7.50. The molecule has 0 spiro atoms. The largest absolute Gasteiger partial charge is 0.481 e. The molecule has 2 aromatic carbocycles. The molecule has 34 heavy (non-hydrogen) atoms. The SMILES string of the molecule is CC(CNC(=O)OCC1c2ccccc2-c2ccccc21)CC(=O)N1CCCC[C@H]1CC(=O)O. The van der Waals surface area contributed by atoms with E-state index in [1.54, 1.807) is 4.90 Å². The molecule has 1 aliphatic carbocycles. The Morgan fingerprint density at radius 3 is 2.35 bits per heavy atom. The standard InChI is InChI=1S/C27H32N2O5/c1-18(14-25(30)29-13-7-6-8-19(29)15-26(31)32)16-28-27(33)34-17-24-22-11-4-2-9-20(22)21-10-3-5-12-23(21)24/h2-5,9-12,18-19,24H,6-8,13-17H2,1H3,(H,28,33)(H,31,32)/t18?,19-/m0/s1. The third kappa shape index (κ3) is 5.41. The van der Waals surface area contributed by atoms with Gasteiger partial charge in [-0.15, -0.1) is 0 Å². The first-order valence-electron chi connectivity index (χ1n) is 12.0. The van der Waals surface area contributed by atoms with E-state index in [1.165, 1.54) is 11.1 Å². The van der Waals surface area contributed by atoms with Crippen molar-refractivity contribution in [1.82, 2.24) is 10.2 Å². The zero-order valence-electron chi connectivity index (χ0n) is 19.5. The number of benzene rings is 2. The Bertz CT molecular complexity index is 1010. The lowest BCUT2D eigenvalue weighted by Crippen LogP contribution is -2.45. The van der Waals surface area contributed by atoms with Crippen LogP contribution >= 0.6 is 0 Å².